The molecule has 2 aromatic rings. The number of rotatable bonds is 7. The topological polar surface area (TPSA) is 273 Å². The van der Waals surface area contributed by atoms with E-state index in [4.69, 9.17) is 20.4 Å². The number of amides is 2. The van der Waals surface area contributed by atoms with Crippen LogP contribution < -0.4 is 11.1 Å². The van der Waals surface area contributed by atoms with Crippen LogP contribution in [0.3, 0.4) is 0 Å². The van der Waals surface area contributed by atoms with Crippen molar-refractivity contribution >= 4 is 73.3 Å². The fraction of sp³-hybridized carbons (Fsp3) is 0.115. The third kappa shape index (κ3) is 5.62. The van der Waals surface area contributed by atoms with Gasteiger partial charge in [0, 0.05) is 34.3 Å². The minimum atomic E-state index is -5.22. The van der Waals surface area contributed by atoms with Crippen LogP contribution in [0.5, 0.6) is 0 Å². The summed E-state index contributed by atoms with van der Waals surface area (Å²) in [7, 11) is -10.4. The van der Waals surface area contributed by atoms with Gasteiger partial charge < -0.3 is 20.1 Å². The van der Waals surface area contributed by atoms with Gasteiger partial charge in [0.1, 0.15) is 0 Å². The molecule has 0 spiro atoms. The normalized spacial score (nSPS) is 14.0. The smallest absolute Gasteiger partial charge is 0.337 e. The number of nitrogens with two attached hydrogens (primary N) is 1. The van der Waals surface area contributed by atoms with Crippen LogP contribution in [-0.2, 0) is 45.9 Å². The SMILES string of the molecule is N=c1ccc2c(-c3cc(S)c(CC(=O)ON4C(=O)CCC4=O)cc3C(=O)O)c3ccc(N)c(S(=O)(=O)O)c3oc-2c1S(=O)(=O)O. The third-order valence-corrected chi connectivity index (χ3v) is 9.04. The van der Waals surface area contributed by atoms with Gasteiger partial charge in [0.05, 0.1) is 23.0 Å². The Morgan fingerprint density at radius 1 is 0.978 bits per heavy atom. The van der Waals surface area contributed by atoms with Crippen molar-refractivity contribution in [2.45, 2.75) is 33.9 Å². The van der Waals surface area contributed by atoms with Crippen molar-refractivity contribution in [2.24, 2.45) is 0 Å². The average molecular weight is 678 g/mol. The molecule has 1 aliphatic carbocycles. The van der Waals surface area contributed by atoms with E-state index in [1.54, 1.807) is 0 Å². The van der Waals surface area contributed by atoms with Gasteiger partial charge in [-0.3, -0.25) is 24.1 Å². The molecule has 0 atom stereocenters. The molecule has 0 saturated carbocycles. The molecule has 0 aromatic heterocycles. The van der Waals surface area contributed by atoms with Gasteiger partial charge in [-0.1, -0.05) is 0 Å². The van der Waals surface area contributed by atoms with Gasteiger partial charge in [-0.05, 0) is 47.5 Å². The summed E-state index contributed by atoms with van der Waals surface area (Å²) in [6.07, 6.45) is -0.960. The van der Waals surface area contributed by atoms with E-state index in [1.165, 1.54) is 6.07 Å². The first-order valence-electron chi connectivity index (χ1n) is 12.4. The highest BCUT2D eigenvalue weighted by molar-refractivity contribution is 7.86. The molecule has 0 unspecified atom stereocenters. The summed E-state index contributed by atoms with van der Waals surface area (Å²) >= 11 is 4.35. The Morgan fingerprint density at radius 3 is 2.18 bits per heavy atom. The molecule has 0 radical (unpaired) electrons. The molecule has 19 heteroatoms. The fourth-order valence-electron chi connectivity index (χ4n) is 4.90. The summed E-state index contributed by atoms with van der Waals surface area (Å²) in [4.78, 5) is 51.5. The lowest BCUT2D eigenvalue weighted by Crippen LogP contribution is -2.32. The Balaban J connectivity index is 1.82. The van der Waals surface area contributed by atoms with Crippen molar-refractivity contribution in [2.75, 3.05) is 5.73 Å². The second kappa shape index (κ2) is 11.0. The molecule has 2 heterocycles. The van der Waals surface area contributed by atoms with Gasteiger partial charge in [0.25, 0.3) is 32.1 Å². The Morgan fingerprint density at radius 2 is 1.60 bits per heavy atom. The maximum atomic E-state index is 12.6. The lowest BCUT2D eigenvalue weighted by Gasteiger charge is -2.21. The Labute approximate surface area is 257 Å². The van der Waals surface area contributed by atoms with Crippen LogP contribution in [0.2, 0.25) is 0 Å². The second-order valence-corrected chi connectivity index (χ2v) is 12.9. The maximum Gasteiger partial charge on any atom is 0.337 e. The third-order valence-electron chi connectivity index (χ3n) is 6.77. The average Bonchev–Trinajstić information content (AvgIpc) is 3.23. The van der Waals surface area contributed by atoms with Gasteiger partial charge in [-0.2, -0.15) is 16.8 Å². The Hall–Kier alpha value is -4.82. The van der Waals surface area contributed by atoms with Crippen molar-refractivity contribution in [3.8, 4) is 22.5 Å². The number of imide groups is 1. The molecule has 45 heavy (non-hydrogen) atoms. The summed E-state index contributed by atoms with van der Waals surface area (Å²) in [6, 6.07) is 6.56. The summed E-state index contributed by atoms with van der Waals surface area (Å²) < 4.78 is 74.9. The Bertz CT molecular complexity index is 2250. The Kier molecular flexibility index (Phi) is 7.70. The van der Waals surface area contributed by atoms with E-state index < -0.39 is 88.2 Å². The first-order chi connectivity index (χ1) is 20.9. The van der Waals surface area contributed by atoms with Crippen LogP contribution in [0.1, 0.15) is 28.8 Å². The number of nitrogen functional groups attached to an aromatic ring is 1. The number of aromatic carboxylic acids is 1. The van der Waals surface area contributed by atoms with Crippen LogP contribution in [0.15, 0.2) is 55.5 Å². The fourth-order valence-corrected chi connectivity index (χ4v) is 6.66. The highest BCUT2D eigenvalue weighted by Gasteiger charge is 2.34. The number of hydrogen-bond acceptors (Lipinski definition) is 13. The zero-order chi connectivity index (χ0) is 33.2. The van der Waals surface area contributed by atoms with Crippen LogP contribution in [0, 0.1) is 5.41 Å². The van der Waals surface area contributed by atoms with Gasteiger partial charge >= 0.3 is 11.9 Å². The molecule has 2 aromatic carbocycles. The minimum absolute atomic E-state index is 0.0345. The first-order valence-corrected chi connectivity index (χ1v) is 15.7. The highest BCUT2D eigenvalue weighted by atomic mass is 32.2. The molecular formula is C26H19N3O13S3. The lowest BCUT2D eigenvalue weighted by atomic mass is 9.89. The first kappa shape index (κ1) is 31.6. The van der Waals surface area contributed by atoms with Gasteiger partial charge in [0.15, 0.2) is 21.1 Å². The molecule has 3 aliphatic rings. The largest absolute Gasteiger partial charge is 0.478 e. The number of anilines is 1. The van der Waals surface area contributed by atoms with Gasteiger partial charge in [0.2, 0.25) is 0 Å². The number of carbonyl (C=O) groups is 4. The molecule has 1 fully saturated rings. The zero-order valence-electron chi connectivity index (χ0n) is 22.3. The molecule has 5 rings (SSSR count). The molecule has 2 amide bonds. The van der Waals surface area contributed by atoms with Crippen molar-refractivity contribution in [1.29, 1.82) is 5.41 Å². The summed E-state index contributed by atoms with van der Waals surface area (Å²) in [5.41, 5.74) is 3.32. The number of hydroxylamine groups is 2. The monoisotopic (exact) mass is 677 g/mol. The number of carbonyl (C=O) groups excluding carboxylic acids is 3. The highest BCUT2D eigenvalue weighted by Crippen LogP contribution is 2.46. The number of fused-ring (bicyclic) bond motifs is 2. The molecule has 1 saturated heterocycles. The molecular weight excluding hydrogens is 658 g/mol. The molecule has 234 valence electrons. The van der Waals surface area contributed by atoms with E-state index in [1.807, 2.05) is 0 Å². The van der Waals surface area contributed by atoms with E-state index in [2.05, 4.69) is 12.6 Å². The van der Waals surface area contributed by atoms with Gasteiger partial charge in [-0.15, -0.1) is 17.7 Å². The maximum absolute atomic E-state index is 12.6. The minimum Gasteiger partial charge on any atom is -0.478 e. The van der Waals surface area contributed by atoms with E-state index >= 15 is 0 Å². The molecule has 2 aliphatic heterocycles. The predicted octanol–water partition coefficient (Wildman–Crippen LogP) is 1.90. The van der Waals surface area contributed by atoms with E-state index in [0.29, 0.717) is 5.06 Å². The van der Waals surface area contributed by atoms with E-state index in [9.17, 15) is 50.2 Å². The zero-order valence-corrected chi connectivity index (χ0v) is 24.8. The van der Waals surface area contributed by atoms with Crippen molar-refractivity contribution in [1.82, 2.24) is 5.06 Å². The van der Waals surface area contributed by atoms with Crippen LogP contribution in [-0.4, -0.2) is 59.9 Å². The van der Waals surface area contributed by atoms with E-state index in [0.717, 1.165) is 30.3 Å². The lowest BCUT2D eigenvalue weighted by molar-refractivity contribution is -0.197. The van der Waals surface area contributed by atoms with Crippen molar-refractivity contribution in [3.63, 3.8) is 0 Å². The summed E-state index contributed by atoms with van der Waals surface area (Å²) in [5, 5.41) is 17.6. The van der Waals surface area contributed by atoms with Crippen molar-refractivity contribution < 1.29 is 59.5 Å². The molecule has 16 nitrogen and oxygen atoms in total. The number of carboxylic acids is 1. The van der Waals surface area contributed by atoms with Crippen molar-refractivity contribution in [3.05, 3.63) is 52.9 Å². The number of nitrogens with zero attached hydrogens (tertiary/aromatic N) is 1. The number of benzene rings is 3. The quantitative estimate of drug-likeness (QED) is 0.0536. The standard InChI is InChI=1S/C26H19N3O13S3/c27-15-3-1-11-21(12-2-4-16(28)25(45(38,39)40)23(12)41-22(11)24(15)44(35,36)37)13-9-17(43)10(7-14(13)26(33)34)8-20(32)42-29-18(30)5-6-19(29)31/h1-4,7,9,27,43H,5-6,8,28H2,(H,33,34)(H,35,36,37)(H,38,39,40). The number of thiol groups is 1. The van der Waals surface area contributed by atoms with Crippen LogP contribution >= 0.6 is 12.6 Å². The number of carboxylic acid groups (broad SMARTS) is 1. The molecule has 6 N–H and O–H groups in total. The summed E-state index contributed by atoms with van der Waals surface area (Å²) in [6.45, 7) is 0. The van der Waals surface area contributed by atoms with Crippen LogP contribution in [0.4, 0.5) is 5.69 Å². The molecule has 0 bridgehead atoms. The van der Waals surface area contributed by atoms with Gasteiger partial charge in [-0.25, -0.2) is 9.59 Å². The number of hydrogen-bond donors (Lipinski definition) is 6. The van der Waals surface area contributed by atoms with Crippen LogP contribution in [0.25, 0.3) is 33.4 Å². The second-order valence-electron chi connectivity index (χ2n) is 9.66. The summed E-state index contributed by atoms with van der Waals surface area (Å²) in [5.74, 6) is -4.93. The van der Waals surface area contributed by atoms with E-state index in [-0.39, 0.29) is 45.4 Å². The number of nitrogens with one attached hydrogen (secondary N) is 1. The predicted molar refractivity (Wildman–Crippen MR) is 153 cm³/mol.